The van der Waals surface area contributed by atoms with Crippen molar-refractivity contribution in [2.45, 2.75) is 26.7 Å². The van der Waals surface area contributed by atoms with Gasteiger partial charge in [0.05, 0.1) is 0 Å². The fraction of sp³-hybridized carbons (Fsp3) is 0.333. The molecule has 1 unspecified atom stereocenters. The van der Waals surface area contributed by atoms with Crippen LogP contribution in [0, 0.1) is 17.7 Å². The van der Waals surface area contributed by atoms with Crippen molar-refractivity contribution >= 4 is 5.57 Å². The molecule has 0 saturated carbocycles. The SMILES string of the molecule is CC1=C(C)C(C)c2c(F)c[c]c(F)c21. The van der Waals surface area contributed by atoms with Crippen molar-refractivity contribution in [1.82, 2.24) is 0 Å². The average molecular weight is 193 g/mol. The Morgan fingerprint density at radius 3 is 2.50 bits per heavy atom. The summed E-state index contributed by atoms with van der Waals surface area (Å²) in [5, 5.41) is 0. The molecule has 0 aromatic heterocycles. The fourth-order valence-corrected chi connectivity index (χ4v) is 2.04. The van der Waals surface area contributed by atoms with Crippen molar-refractivity contribution in [1.29, 1.82) is 0 Å². The highest BCUT2D eigenvalue weighted by Gasteiger charge is 2.28. The monoisotopic (exact) mass is 193 g/mol. The van der Waals surface area contributed by atoms with Gasteiger partial charge in [0.15, 0.2) is 0 Å². The van der Waals surface area contributed by atoms with E-state index in [4.69, 9.17) is 0 Å². The second-order valence-electron chi connectivity index (χ2n) is 3.77. The Balaban J connectivity index is 2.78. The van der Waals surface area contributed by atoms with Gasteiger partial charge in [0, 0.05) is 23.1 Å². The Kier molecular flexibility index (Phi) is 1.95. The first-order valence-electron chi connectivity index (χ1n) is 4.61. The minimum absolute atomic E-state index is 0.0194. The van der Waals surface area contributed by atoms with Crippen LogP contribution in [0.1, 0.15) is 37.8 Å². The number of hydrogen-bond donors (Lipinski definition) is 0. The van der Waals surface area contributed by atoms with Crippen LogP contribution in [0.15, 0.2) is 11.6 Å². The van der Waals surface area contributed by atoms with Crippen LogP contribution in [0.3, 0.4) is 0 Å². The van der Waals surface area contributed by atoms with E-state index in [-0.39, 0.29) is 11.7 Å². The molecule has 2 rings (SSSR count). The van der Waals surface area contributed by atoms with Crippen molar-refractivity contribution in [3.8, 4) is 0 Å². The van der Waals surface area contributed by atoms with E-state index in [0.717, 1.165) is 17.2 Å². The van der Waals surface area contributed by atoms with Crippen LogP contribution < -0.4 is 0 Å². The molecule has 1 aromatic carbocycles. The van der Waals surface area contributed by atoms with Gasteiger partial charge in [-0.05, 0) is 25.5 Å². The van der Waals surface area contributed by atoms with Crippen LogP contribution in [0.5, 0.6) is 0 Å². The molecule has 0 N–H and O–H groups in total. The maximum atomic E-state index is 13.4. The molecule has 0 saturated heterocycles. The summed E-state index contributed by atoms with van der Waals surface area (Å²) in [4.78, 5) is 0. The molecule has 0 amide bonds. The molecule has 2 heteroatoms. The van der Waals surface area contributed by atoms with E-state index in [1.807, 2.05) is 20.8 Å². The molecule has 0 spiro atoms. The van der Waals surface area contributed by atoms with Gasteiger partial charge in [-0.2, -0.15) is 0 Å². The number of hydrogen-bond acceptors (Lipinski definition) is 0. The second-order valence-corrected chi connectivity index (χ2v) is 3.77. The van der Waals surface area contributed by atoms with Crippen LogP contribution in [0.25, 0.3) is 5.57 Å². The molecule has 1 aliphatic carbocycles. The van der Waals surface area contributed by atoms with Gasteiger partial charge >= 0.3 is 0 Å². The first-order chi connectivity index (χ1) is 6.54. The van der Waals surface area contributed by atoms with Gasteiger partial charge in [0.25, 0.3) is 0 Å². The Morgan fingerprint density at radius 1 is 1.29 bits per heavy atom. The minimum atomic E-state index is -0.442. The lowest BCUT2D eigenvalue weighted by Crippen LogP contribution is -1.97. The molecule has 1 aromatic rings. The molecule has 0 heterocycles. The molecule has 14 heavy (non-hydrogen) atoms. The Labute approximate surface area is 82.3 Å². The molecule has 1 radical (unpaired) electrons. The van der Waals surface area contributed by atoms with Gasteiger partial charge in [-0.25, -0.2) is 8.78 Å². The van der Waals surface area contributed by atoms with Crippen molar-refractivity contribution in [3.05, 3.63) is 40.5 Å². The standard InChI is InChI=1S/C12H11F2/c1-6-7(2)11-9(13)4-5-10(14)12(11)8(6)3/h4,7H,1-3H3. The van der Waals surface area contributed by atoms with Crippen molar-refractivity contribution in [2.75, 3.05) is 0 Å². The molecule has 0 aliphatic heterocycles. The van der Waals surface area contributed by atoms with Crippen LogP contribution >= 0.6 is 0 Å². The highest BCUT2D eigenvalue weighted by Crippen LogP contribution is 2.43. The predicted octanol–water partition coefficient (Wildman–Crippen LogP) is 3.68. The lowest BCUT2D eigenvalue weighted by atomic mass is 9.98. The lowest BCUT2D eigenvalue weighted by molar-refractivity contribution is 0.578. The number of rotatable bonds is 0. The van der Waals surface area contributed by atoms with Crippen LogP contribution in [0.2, 0.25) is 0 Å². The van der Waals surface area contributed by atoms with Crippen molar-refractivity contribution in [3.63, 3.8) is 0 Å². The van der Waals surface area contributed by atoms with Crippen LogP contribution in [-0.4, -0.2) is 0 Å². The zero-order chi connectivity index (χ0) is 10.5. The number of allylic oxidation sites excluding steroid dienone is 2. The van der Waals surface area contributed by atoms with Gasteiger partial charge in [0.1, 0.15) is 11.6 Å². The summed E-state index contributed by atoms with van der Waals surface area (Å²) in [6, 6.07) is 3.38. The zero-order valence-electron chi connectivity index (χ0n) is 8.41. The third-order valence-corrected chi connectivity index (χ3v) is 3.12. The Morgan fingerprint density at radius 2 is 1.93 bits per heavy atom. The zero-order valence-corrected chi connectivity index (χ0v) is 8.41. The van der Waals surface area contributed by atoms with Crippen LogP contribution in [-0.2, 0) is 0 Å². The quantitative estimate of drug-likeness (QED) is 0.589. The summed E-state index contributed by atoms with van der Waals surface area (Å²) in [6.45, 7) is 5.64. The van der Waals surface area contributed by atoms with Gasteiger partial charge < -0.3 is 0 Å². The summed E-state index contributed by atoms with van der Waals surface area (Å²) < 4.78 is 26.9. The van der Waals surface area contributed by atoms with E-state index in [2.05, 4.69) is 6.07 Å². The summed E-state index contributed by atoms with van der Waals surface area (Å²) in [5.74, 6) is -0.818. The molecule has 0 bridgehead atoms. The molecule has 0 nitrogen and oxygen atoms in total. The number of fused-ring (bicyclic) bond motifs is 1. The predicted molar refractivity (Wildman–Crippen MR) is 51.9 cm³/mol. The first-order valence-corrected chi connectivity index (χ1v) is 4.61. The fourth-order valence-electron chi connectivity index (χ4n) is 2.04. The van der Waals surface area contributed by atoms with E-state index < -0.39 is 5.82 Å². The molecule has 1 aliphatic rings. The molecular formula is C12H11F2. The largest absolute Gasteiger partial charge is 0.207 e. The van der Waals surface area contributed by atoms with Gasteiger partial charge in [0.2, 0.25) is 0 Å². The highest BCUT2D eigenvalue weighted by molar-refractivity contribution is 5.76. The average Bonchev–Trinajstić information content (AvgIpc) is 2.38. The van der Waals surface area contributed by atoms with Gasteiger partial charge in [-0.3, -0.25) is 0 Å². The maximum absolute atomic E-state index is 13.4. The molecular weight excluding hydrogens is 182 g/mol. The van der Waals surface area contributed by atoms with Crippen molar-refractivity contribution in [2.24, 2.45) is 0 Å². The van der Waals surface area contributed by atoms with E-state index in [1.165, 1.54) is 0 Å². The van der Waals surface area contributed by atoms with E-state index in [0.29, 0.717) is 11.1 Å². The highest BCUT2D eigenvalue weighted by atomic mass is 19.1. The Hall–Kier alpha value is -1.18. The summed E-state index contributed by atoms with van der Waals surface area (Å²) >= 11 is 0. The maximum Gasteiger partial charge on any atom is 0.139 e. The van der Waals surface area contributed by atoms with E-state index in [9.17, 15) is 8.78 Å². The summed E-state index contributed by atoms with van der Waals surface area (Å²) in [6.07, 6.45) is 0. The minimum Gasteiger partial charge on any atom is -0.207 e. The van der Waals surface area contributed by atoms with E-state index in [1.54, 1.807) is 0 Å². The van der Waals surface area contributed by atoms with E-state index >= 15 is 0 Å². The normalized spacial score (nSPS) is 20.2. The third-order valence-electron chi connectivity index (χ3n) is 3.12. The number of benzene rings is 1. The molecule has 1 atom stereocenters. The summed E-state index contributed by atoms with van der Waals surface area (Å²) in [5.41, 5.74) is 2.78. The first kappa shape index (κ1) is 9.38. The third kappa shape index (κ3) is 1.03. The lowest BCUT2D eigenvalue weighted by Gasteiger charge is -2.08. The Bertz CT molecular complexity index is 430. The smallest absolute Gasteiger partial charge is 0.139 e. The van der Waals surface area contributed by atoms with Crippen molar-refractivity contribution < 1.29 is 8.78 Å². The molecule has 73 valence electrons. The molecule has 0 fully saturated rings. The van der Waals surface area contributed by atoms with Crippen LogP contribution in [0.4, 0.5) is 8.78 Å². The van der Waals surface area contributed by atoms with Gasteiger partial charge in [-0.1, -0.05) is 12.5 Å². The topological polar surface area (TPSA) is 0 Å². The second kappa shape index (κ2) is 2.91. The summed E-state index contributed by atoms with van der Waals surface area (Å²) in [7, 11) is 0. The van der Waals surface area contributed by atoms with Gasteiger partial charge in [-0.15, -0.1) is 0 Å². The number of halogens is 2.